The molecule has 6 heteroatoms. The number of carbonyl (C=O) groups excluding carboxylic acids is 2. The van der Waals surface area contributed by atoms with Gasteiger partial charge in [-0.2, -0.15) is 0 Å². The Balaban J connectivity index is 1.70. The minimum Gasteiger partial charge on any atom is -0.484 e. The molecular weight excluding hydrogens is 354 g/mol. The molecule has 0 aliphatic carbocycles. The summed E-state index contributed by atoms with van der Waals surface area (Å²) in [5.74, 6) is 0.769. The fourth-order valence-electron chi connectivity index (χ4n) is 3.11. The highest BCUT2D eigenvalue weighted by atomic mass is 16.5. The van der Waals surface area contributed by atoms with Gasteiger partial charge in [0, 0.05) is 32.7 Å². The van der Waals surface area contributed by atoms with E-state index in [9.17, 15) is 9.59 Å². The fraction of sp³-hybridized carbons (Fsp3) is 0.636. The minimum atomic E-state index is -0.00746. The second-order valence-electron chi connectivity index (χ2n) is 8.42. The van der Waals surface area contributed by atoms with Crippen LogP contribution < -0.4 is 10.1 Å². The Kier molecular flexibility index (Phi) is 8.30. The molecule has 28 heavy (non-hydrogen) atoms. The molecule has 2 rings (SSSR count). The van der Waals surface area contributed by atoms with E-state index in [0.717, 1.165) is 19.4 Å². The molecule has 0 radical (unpaired) electrons. The molecule has 2 amide bonds. The van der Waals surface area contributed by atoms with Gasteiger partial charge in [0.1, 0.15) is 5.75 Å². The predicted octanol–water partition coefficient (Wildman–Crippen LogP) is 2.42. The highest BCUT2D eigenvalue weighted by Gasteiger charge is 2.22. The minimum absolute atomic E-state index is 0.00746. The van der Waals surface area contributed by atoms with Crippen LogP contribution in [0.15, 0.2) is 24.3 Å². The summed E-state index contributed by atoms with van der Waals surface area (Å²) in [6, 6.07) is 7.93. The van der Waals surface area contributed by atoms with Crippen molar-refractivity contribution >= 4 is 11.8 Å². The van der Waals surface area contributed by atoms with Gasteiger partial charge >= 0.3 is 0 Å². The van der Waals surface area contributed by atoms with E-state index in [1.165, 1.54) is 5.56 Å². The van der Waals surface area contributed by atoms with Crippen molar-refractivity contribution in [1.29, 1.82) is 0 Å². The van der Waals surface area contributed by atoms with E-state index in [1.54, 1.807) is 0 Å². The van der Waals surface area contributed by atoms with Crippen molar-refractivity contribution in [3.05, 3.63) is 29.8 Å². The Morgan fingerprint density at radius 2 is 1.71 bits per heavy atom. The van der Waals surface area contributed by atoms with Crippen LogP contribution in [-0.4, -0.2) is 67.5 Å². The first kappa shape index (κ1) is 22.2. The van der Waals surface area contributed by atoms with Gasteiger partial charge in [0.05, 0.1) is 6.54 Å². The lowest BCUT2D eigenvalue weighted by molar-refractivity contribution is -0.135. The van der Waals surface area contributed by atoms with E-state index < -0.39 is 0 Å². The third-order valence-corrected chi connectivity index (χ3v) is 5.03. The van der Waals surface area contributed by atoms with E-state index in [2.05, 4.69) is 37.9 Å². The van der Waals surface area contributed by atoms with Crippen LogP contribution >= 0.6 is 0 Å². The number of piperazine rings is 1. The van der Waals surface area contributed by atoms with Crippen LogP contribution in [0.5, 0.6) is 5.75 Å². The number of hydrogen-bond acceptors (Lipinski definition) is 4. The lowest BCUT2D eigenvalue weighted by Gasteiger charge is -2.34. The van der Waals surface area contributed by atoms with Crippen molar-refractivity contribution < 1.29 is 14.3 Å². The first-order valence-corrected chi connectivity index (χ1v) is 10.3. The fourth-order valence-corrected chi connectivity index (χ4v) is 3.11. The molecule has 1 saturated heterocycles. The van der Waals surface area contributed by atoms with Crippen LogP contribution in [0, 0.1) is 0 Å². The maximum atomic E-state index is 12.4. The summed E-state index contributed by atoms with van der Waals surface area (Å²) < 4.78 is 5.67. The van der Waals surface area contributed by atoms with E-state index in [1.807, 2.05) is 29.2 Å². The summed E-state index contributed by atoms with van der Waals surface area (Å²) in [7, 11) is 0. The van der Waals surface area contributed by atoms with Gasteiger partial charge < -0.3 is 15.0 Å². The number of hydrogen-bond donors (Lipinski definition) is 1. The molecule has 1 aliphatic rings. The summed E-state index contributed by atoms with van der Waals surface area (Å²) in [6.45, 7) is 12.5. The van der Waals surface area contributed by atoms with Crippen molar-refractivity contribution in [2.24, 2.45) is 0 Å². The molecule has 6 nitrogen and oxygen atoms in total. The van der Waals surface area contributed by atoms with Gasteiger partial charge in [-0.25, -0.2) is 0 Å². The molecule has 0 atom stereocenters. The van der Waals surface area contributed by atoms with Crippen LogP contribution in [0.1, 0.15) is 46.1 Å². The number of amides is 2. The maximum absolute atomic E-state index is 12.4. The normalized spacial score (nSPS) is 15.4. The molecule has 1 heterocycles. The first-order valence-electron chi connectivity index (χ1n) is 10.3. The number of unbranched alkanes of at least 4 members (excludes halogenated alkanes) is 1. The molecule has 0 aromatic heterocycles. The van der Waals surface area contributed by atoms with E-state index in [-0.39, 0.29) is 23.8 Å². The molecule has 1 aromatic rings. The molecular formula is C22H35N3O3. The number of carbonyl (C=O) groups is 2. The topological polar surface area (TPSA) is 61.9 Å². The lowest BCUT2D eigenvalue weighted by Crippen LogP contribution is -2.52. The zero-order valence-corrected chi connectivity index (χ0v) is 17.8. The summed E-state index contributed by atoms with van der Waals surface area (Å²) >= 11 is 0. The molecule has 1 aromatic carbocycles. The van der Waals surface area contributed by atoms with Crippen molar-refractivity contribution in [3.63, 3.8) is 0 Å². The quantitative estimate of drug-likeness (QED) is 0.694. The predicted molar refractivity (Wildman–Crippen MR) is 112 cm³/mol. The van der Waals surface area contributed by atoms with Crippen molar-refractivity contribution in [2.45, 2.75) is 46.0 Å². The summed E-state index contributed by atoms with van der Waals surface area (Å²) in [5, 5.41) is 2.94. The maximum Gasteiger partial charge on any atom is 0.260 e. The average Bonchev–Trinajstić information content (AvgIpc) is 2.66. The summed E-state index contributed by atoms with van der Waals surface area (Å²) in [5.41, 5.74) is 1.34. The monoisotopic (exact) mass is 389 g/mol. The Bertz CT molecular complexity index is 629. The van der Waals surface area contributed by atoms with Crippen molar-refractivity contribution in [2.75, 3.05) is 45.9 Å². The number of ether oxygens (including phenoxy) is 1. The molecule has 0 unspecified atom stereocenters. The van der Waals surface area contributed by atoms with Crippen LogP contribution in [0.3, 0.4) is 0 Å². The first-order chi connectivity index (χ1) is 13.3. The van der Waals surface area contributed by atoms with Crippen LogP contribution in [0.2, 0.25) is 0 Å². The Morgan fingerprint density at radius 1 is 1.07 bits per heavy atom. The van der Waals surface area contributed by atoms with Gasteiger partial charge in [-0.05, 0) is 29.5 Å². The van der Waals surface area contributed by atoms with E-state index in [0.29, 0.717) is 38.5 Å². The molecule has 0 bridgehead atoms. The van der Waals surface area contributed by atoms with E-state index >= 15 is 0 Å². The number of nitrogens with zero attached hydrogens (tertiary/aromatic N) is 2. The SMILES string of the molecule is CCCCNC(=O)CN1CCN(C(=O)COc2ccc(C(C)(C)C)cc2)CC1. The van der Waals surface area contributed by atoms with E-state index in [4.69, 9.17) is 4.74 Å². The standard InChI is InChI=1S/C22H35N3O3/c1-5-6-11-23-20(26)16-24-12-14-25(15-13-24)21(27)17-28-19-9-7-18(8-10-19)22(2,3)4/h7-10H,5-6,11-17H2,1-4H3,(H,23,26). The summed E-state index contributed by atoms with van der Waals surface area (Å²) in [4.78, 5) is 28.2. The lowest BCUT2D eigenvalue weighted by atomic mass is 9.87. The highest BCUT2D eigenvalue weighted by molar-refractivity contribution is 5.79. The van der Waals surface area contributed by atoms with Gasteiger partial charge in [0.15, 0.2) is 6.61 Å². The Morgan fingerprint density at radius 3 is 2.29 bits per heavy atom. The zero-order valence-electron chi connectivity index (χ0n) is 17.8. The Hall–Kier alpha value is -2.08. The average molecular weight is 390 g/mol. The number of nitrogens with one attached hydrogen (secondary N) is 1. The van der Waals surface area contributed by atoms with Crippen molar-refractivity contribution in [1.82, 2.24) is 15.1 Å². The van der Waals surface area contributed by atoms with Crippen LogP contribution in [0.4, 0.5) is 0 Å². The molecule has 1 aliphatic heterocycles. The van der Waals surface area contributed by atoms with Crippen LogP contribution in [0.25, 0.3) is 0 Å². The smallest absolute Gasteiger partial charge is 0.260 e. The van der Waals surface area contributed by atoms with Gasteiger partial charge in [0.25, 0.3) is 5.91 Å². The molecule has 156 valence electrons. The third-order valence-electron chi connectivity index (χ3n) is 5.03. The third kappa shape index (κ3) is 7.15. The molecule has 1 N–H and O–H groups in total. The van der Waals surface area contributed by atoms with Gasteiger partial charge in [0.2, 0.25) is 5.91 Å². The van der Waals surface area contributed by atoms with Gasteiger partial charge in [-0.1, -0.05) is 46.2 Å². The second-order valence-corrected chi connectivity index (χ2v) is 8.42. The van der Waals surface area contributed by atoms with Crippen molar-refractivity contribution in [3.8, 4) is 5.75 Å². The number of benzene rings is 1. The van der Waals surface area contributed by atoms with Crippen LogP contribution in [-0.2, 0) is 15.0 Å². The molecule has 0 spiro atoms. The number of rotatable bonds is 8. The Labute approximate surface area is 169 Å². The summed E-state index contributed by atoms with van der Waals surface area (Å²) in [6.07, 6.45) is 2.08. The highest BCUT2D eigenvalue weighted by Crippen LogP contribution is 2.24. The largest absolute Gasteiger partial charge is 0.484 e. The molecule has 0 saturated carbocycles. The van der Waals surface area contributed by atoms with Gasteiger partial charge in [-0.15, -0.1) is 0 Å². The zero-order chi connectivity index (χ0) is 20.6. The second kappa shape index (κ2) is 10.5. The molecule has 1 fully saturated rings. The van der Waals surface area contributed by atoms with Gasteiger partial charge in [-0.3, -0.25) is 14.5 Å².